The van der Waals surface area contributed by atoms with Gasteiger partial charge in [-0.25, -0.2) is 0 Å². The SMILES string of the molecule is c1ccc(-c2ccc(-c3ccc(N(c4ccccc4-c4ccc5c(c4)-c4cccc6cccc(c46)O5)c4ccccc4-c4ccccc4-c4ccccc4-c4ccccc4)cc3)cc2)cc1. The van der Waals surface area contributed by atoms with Crippen LogP contribution in [0.15, 0.2) is 261 Å². The molecule has 0 saturated carbocycles. The third-order valence-electron chi connectivity index (χ3n) is 12.9. The fraction of sp³-hybridized carbons (Fsp3) is 0. The topological polar surface area (TPSA) is 12.5 Å². The van der Waals surface area contributed by atoms with Gasteiger partial charge in [0, 0.05) is 27.8 Å². The second-order valence-corrected chi connectivity index (χ2v) is 16.8. The van der Waals surface area contributed by atoms with E-state index in [4.69, 9.17) is 4.74 Å². The predicted molar refractivity (Wildman–Crippen MR) is 277 cm³/mol. The first-order chi connectivity index (χ1) is 32.7. The lowest BCUT2D eigenvalue weighted by molar-refractivity contribution is 0.487. The molecule has 0 aliphatic carbocycles. The van der Waals surface area contributed by atoms with Crippen LogP contribution >= 0.6 is 0 Å². The molecule has 0 radical (unpaired) electrons. The molecule has 2 heteroatoms. The molecule has 1 aliphatic rings. The Labute approximate surface area is 385 Å². The molecule has 12 rings (SSSR count). The highest BCUT2D eigenvalue weighted by atomic mass is 16.5. The molecule has 0 aromatic heterocycles. The van der Waals surface area contributed by atoms with Crippen molar-refractivity contribution in [2.45, 2.75) is 0 Å². The minimum absolute atomic E-state index is 0.865. The Balaban J connectivity index is 1.02. The van der Waals surface area contributed by atoms with Gasteiger partial charge in [-0.3, -0.25) is 0 Å². The van der Waals surface area contributed by atoms with Crippen molar-refractivity contribution in [3.63, 3.8) is 0 Å². The largest absolute Gasteiger partial charge is 0.456 e. The summed E-state index contributed by atoms with van der Waals surface area (Å²) in [6.45, 7) is 0. The van der Waals surface area contributed by atoms with Crippen LogP contribution in [-0.4, -0.2) is 0 Å². The van der Waals surface area contributed by atoms with E-state index in [9.17, 15) is 0 Å². The standard InChI is InChI=1S/C64H43NO/c1-3-17-44(18-4-1)45-33-35-46(36-34-45)47-37-40-51(41-38-47)65(60-30-13-11-24-53(60)50-39-42-62-59(43-50)58-29-15-21-49-22-16-32-63(66-62)64(49)58)61-31-14-12-28-57(61)56-27-10-9-26-55(56)54-25-8-7-23-52(54)48-19-5-2-6-20-48/h1-43H. The normalized spacial score (nSPS) is 11.5. The van der Waals surface area contributed by atoms with Gasteiger partial charge in [-0.1, -0.05) is 218 Å². The van der Waals surface area contributed by atoms with Crippen molar-refractivity contribution in [3.8, 4) is 89.4 Å². The minimum Gasteiger partial charge on any atom is -0.456 e. The van der Waals surface area contributed by atoms with E-state index >= 15 is 0 Å². The number of benzene rings is 11. The summed E-state index contributed by atoms with van der Waals surface area (Å²) in [4.78, 5) is 2.44. The van der Waals surface area contributed by atoms with Crippen LogP contribution in [0.3, 0.4) is 0 Å². The van der Waals surface area contributed by atoms with Gasteiger partial charge in [-0.15, -0.1) is 0 Å². The van der Waals surface area contributed by atoms with Gasteiger partial charge in [0.1, 0.15) is 11.5 Å². The van der Waals surface area contributed by atoms with Gasteiger partial charge >= 0.3 is 0 Å². The van der Waals surface area contributed by atoms with Crippen LogP contribution in [0.25, 0.3) is 88.7 Å². The summed E-state index contributed by atoms with van der Waals surface area (Å²) < 4.78 is 6.57. The van der Waals surface area contributed by atoms with Crippen LogP contribution in [0.5, 0.6) is 11.5 Å². The second kappa shape index (κ2) is 16.8. The number of hydrogen-bond donors (Lipinski definition) is 0. The third-order valence-corrected chi connectivity index (χ3v) is 12.9. The molecule has 0 spiro atoms. The van der Waals surface area contributed by atoms with E-state index in [1.54, 1.807) is 0 Å². The molecule has 0 atom stereocenters. The zero-order chi connectivity index (χ0) is 43.8. The van der Waals surface area contributed by atoms with Crippen LogP contribution in [-0.2, 0) is 0 Å². The number of nitrogens with zero attached hydrogens (tertiary/aromatic N) is 1. The molecule has 0 unspecified atom stereocenters. The van der Waals surface area contributed by atoms with Crippen molar-refractivity contribution in [1.29, 1.82) is 0 Å². The molecule has 1 heterocycles. The van der Waals surface area contributed by atoms with Crippen molar-refractivity contribution >= 4 is 27.8 Å². The zero-order valence-electron chi connectivity index (χ0n) is 36.2. The quantitative estimate of drug-likeness (QED) is 0.144. The fourth-order valence-corrected chi connectivity index (χ4v) is 9.78. The van der Waals surface area contributed by atoms with Crippen molar-refractivity contribution in [2.24, 2.45) is 0 Å². The summed E-state index contributed by atoms with van der Waals surface area (Å²) >= 11 is 0. The fourth-order valence-electron chi connectivity index (χ4n) is 9.78. The van der Waals surface area contributed by atoms with Crippen LogP contribution in [0, 0.1) is 0 Å². The summed E-state index contributed by atoms with van der Waals surface area (Å²) in [5.74, 6) is 1.76. The smallest absolute Gasteiger partial charge is 0.135 e. The Hall–Kier alpha value is -8.72. The molecule has 0 bridgehead atoms. The molecule has 66 heavy (non-hydrogen) atoms. The summed E-state index contributed by atoms with van der Waals surface area (Å²) in [6.07, 6.45) is 0. The zero-order valence-corrected chi connectivity index (χ0v) is 36.2. The first-order valence-corrected chi connectivity index (χ1v) is 22.6. The second-order valence-electron chi connectivity index (χ2n) is 16.8. The van der Waals surface area contributed by atoms with Gasteiger partial charge in [0.25, 0.3) is 0 Å². The van der Waals surface area contributed by atoms with Crippen molar-refractivity contribution in [3.05, 3.63) is 261 Å². The highest BCUT2D eigenvalue weighted by Gasteiger charge is 2.25. The lowest BCUT2D eigenvalue weighted by Gasteiger charge is -2.31. The Morgan fingerprint density at radius 3 is 1.33 bits per heavy atom. The van der Waals surface area contributed by atoms with E-state index in [0.29, 0.717) is 0 Å². The number of rotatable bonds is 9. The van der Waals surface area contributed by atoms with Gasteiger partial charge < -0.3 is 9.64 Å². The van der Waals surface area contributed by atoms with E-state index in [1.165, 1.54) is 49.9 Å². The monoisotopic (exact) mass is 841 g/mol. The van der Waals surface area contributed by atoms with Crippen molar-refractivity contribution in [2.75, 3.05) is 4.90 Å². The summed E-state index contributed by atoms with van der Waals surface area (Å²) in [5, 5.41) is 2.32. The first kappa shape index (κ1) is 38.9. The number of para-hydroxylation sites is 2. The maximum Gasteiger partial charge on any atom is 0.135 e. The van der Waals surface area contributed by atoms with Gasteiger partial charge in [0.15, 0.2) is 0 Å². The molecule has 2 nitrogen and oxygen atoms in total. The van der Waals surface area contributed by atoms with E-state index in [-0.39, 0.29) is 0 Å². The number of hydrogen-bond acceptors (Lipinski definition) is 2. The molecule has 0 amide bonds. The summed E-state index contributed by atoms with van der Waals surface area (Å²) in [5.41, 5.74) is 19.5. The Bertz CT molecular complexity index is 3530. The van der Waals surface area contributed by atoms with Crippen LogP contribution in [0.4, 0.5) is 17.1 Å². The molecule has 0 fully saturated rings. The predicted octanol–water partition coefficient (Wildman–Crippen LogP) is 18.1. The lowest BCUT2D eigenvalue weighted by Crippen LogP contribution is -2.12. The first-order valence-electron chi connectivity index (χ1n) is 22.6. The van der Waals surface area contributed by atoms with Crippen molar-refractivity contribution < 1.29 is 4.74 Å². The third kappa shape index (κ3) is 7.02. The Kier molecular flexibility index (Phi) is 9.89. The molecule has 11 aromatic rings. The van der Waals surface area contributed by atoms with E-state index in [0.717, 1.165) is 67.3 Å². The molecular weight excluding hydrogens is 799 g/mol. The van der Waals surface area contributed by atoms with Crippen LogP contribution in [0.1, 0.15) is 0 Å². The number of fused-ring (bicyclic) bond motifs is 2. The Morgan fingerprint density at radius 2 is 0.682 bits per heavy atom. The molecule has 1 aliphatic heterocycles. The molecular formula is C64H43NO. The van der Waals surface area contributed by atoms with E-state index in [1.807, 2.05) is 0 Å². The van der Waals surface area contributed by atoms with Crippen LogP contribution < -0.4 is 9.64 Å². The minimum atomic E-state index is 0.865. The van der Waals surface area contributed by atoms with Gasteiger partial charge in [0.2, 0.25) is 0 Å². The van der Waals surface area contributed by atoms with Crippen LogP contribution in [0.2, 0.25) is 0 Å². The highest BCUT2D eigenvalue weighted by molar-refractivity contribution is 6.05. The Morgan fingerprint density at radius 1 is 0.242 bits per heavy atom. The molecule has 0 N–H and O–H groups in total. The average Bonchev–Trinajstić information content (AvgIpc) is 3.40. The van der Waals surface area contributed by atoms with E-state index in [2.05, 4.69) is 266 Å². The average molecular weight is 842 g/mol. The molecule has 310 valence electrons. The lowest BCUT2D eigenvalue weighted by atomic mass is 9.88. The number of ether oxygens (including phenoxy) is 1. The maximum absolute atomic E-state index is 6.57. The van der Waals surface area contributed by atoms with Gasteiger partial charge in [-0.05, 0) is 109 Å². The van der Waals surface area contributed by atoms with Gasteiger partial charge in [-0.2, -0.15) is 0 Å². The number of anilines is 3. The molecule has 11 aromatic carbocycles. The summed E-state index contributed by atoms with van der Waals surface area (Å²) in [6, 6.07) is 93.9. The van der Waals surface area contributed by atoms with Crippen molar-refractivity contribution in [1.82, 2.24) is 0 Å². The van der Waals surface area contributed by atoms with Gasteiger partial charge in [0.05, 0.1) is 11.4 Å². The molecule has 0 saturated heterocycles. The maximum atomic E-state index is 6.57. The summed E-state index contributed by atoms with van der Waals surface area (Å²) in [7, 11) is 0. The highest BCUT2D eigenvalue weighted by Crippen LogP contribution is 2.51. The van der Waals surface area contributed by atoms with E-state index < -0.39 is 0 Å².